The second kappa shape index (κ2) is 6.28. The van der Waals surface area contributed by atoms with E-state index < -0.39 is 10.0 Å². The third kappa shape index (κ3) is 2.78. The molecule has 0 saturated carbocycles. The molecule has 0 radical (unpaired) electrons. The zero-order valence-electron chi connectivity index (χ0n) is 13.7. The summed E-state index contributed by atoms with van der Waals surface area (Å²) in [7, 11) is -3.73. The molecule has 24 heavy (non-hydrogen) atoms. The van der Waals surface area contributed by atoms with Gasteiger partial charge in [-0.25, -0.2) is 8.42 Å². The van der Waals surface area contributed by atoms with Crippen LogP contribution in [-0.2, 0) is 10.0 Å². The summed E-state index contributed by atoms with van der Waals surface area (Å²) in [5, 5.41) is 0. The molecule has 0 amide bonds. The average Bonchev–Trinajstić information content (AvgIpc) is 2.56. The molecule has 0 bridgehead atoms. The predicted molar refractivity (Wildman–Crippen MR) is 92.3 cm³/mol. The van der Waals surface area contributed by atoms with Gasteiger partial charge in [0.05, 0.1) is 17.2 Å². The number of rotatable bonds is 4. The van der Waals surface area contributed by atoms with Crippen LogP contribution in [0.2, 0.25) is 0 Å². The zero-order valence-corrected chi connectivity index (χ0v) is 14.5. The molecule has 1 heterocycles. The summed E-state index contributed by atoms with van der Waals surface area (Å²) in [4.78, 5) is 12.3. The molecular weight excluding hydrogens is 326 g/mol. The quantitative estimate of drug-likeness (QED) is 0.854. The Kier molecular flexibility index (Phi) is 4.32. The van der Waals surface area contributed by atoms with Gasteiger partial charge in [-0.3, -0.25) is 9.10 Å². The summed E-state index contributed by atoms with van der Waals surface area (Å²) in [5.41, 5.74) is 1.73. The Balaban J connectivity index is 2.05. The molecular formula is C18H19NO4S. The van der Waals surface area contributed by atoms with Crippen LogP contribution in [0.3, 0.4) is 0 Å². The number of benzene rings is 2. The number of aryl methyl sites for hydroxylation is 1. The van der Waals surface area contributed by atoms with Gasteiger partial charge in [0.1, 0.15) is 5.75 Å². The number of nitrogens with zero attached hydrogens (tertiary/aromatic N) is 1. The number of Topliss-reactive ketones (excluding diaryl/α,β-unsaturated/α-hetero) is 1. The summed E-state index contributed by atoms with van der Waals surface area (Å²) in [5.74, 6) is 0.605. The van der Waals surface area contributed by atoms with E-state index in [1.165, 1.54) is 16.4 Å². The topological polar surface area (TPSA) is 63.7 Å². The lowest BCUT2D eigenvalue weighted by Gasteiger charge is -2.31. The fraction of sp³-hybridized carbons (Fsp3) is 0.278. The number of fused-ring (bicyclic) bond motifs is 1. The summed E-state index contributed by atoms with van der Waals surface area (Å²) >= 11 is 0. The first-order valence-corrected chi connectivity index (χ1v) is 9.27. The number of anilines is 1. The number of hydrogen-bond donors (Lipinski definition) is 0. The molecule has 1 aliphatic rings. The van der Waals surface area contributed by atoms with E-state index in [-0.39, 0.29) is 23.6 Å². The van der Waals surface area contributed by atoms with Crippen LogP contribution >= 0.6 is 0 Å². The van der Waals surface area contributed by atoms with Gasteiger partial charge in [0.25, 0.3) is 10.0 Å². The molecule has 0 aromatic heterocycles. The van der Waals surface area contributed by atoms with Crippen molar-refractivity contribution in [2.24, 2.45) is 0 Å². The lowest BCUT2D eigenvalue weighted by atomic mass is 9.99. The molecule has 126 valence electrons. The highest BCUT2D eigenvalue weighted by molar-refractivity contribution is 7.92. The van der Waals surface area contributed by atoms with Crippen molar-refractivity contribution >= 4 is 21.5 Å². The number of carbonyl (C=O) groups is 1. The van der Waals surface area contributed by atoms with Crippen molar-refractivity contribution in [3.63, 3.8) is 0 Å². The zero-order chi connectivity index (χ0) is 17.3. The Morgan fingerprint density at radius 3 is 2.50 bits per heavy atom. The van der Waals surface area contributed by atoms with E-state index in [0.29, 0.717) is 23.6 Å². The molecule has 1 aliphatic heterocycles. The van der Waals surface area contributed by atoms with Crippen LogP contribution in [0, 0.1) is 6.92 Å². The van der Waals surface area contributed by atoms with E-state index >= 15 is 0 Å². The first-order valence-electron chi connectivity index (χ1n) is 7.83. The number of ketones is 1. The van der Waals surface area contributed by atoms with Crippen molar-refractivity contribution in [1.29, 1.82) is 0 Å². The molecule has 0 saturated heterocycles. The number of carbonyl (C=O) groups excluding carboxylic acids is 1. The molecule has 6 heteroatoms. The molecule has 0 fully saturated rings. The van der Waals surface area contributed by atoms with Gasteiger partial charge in [0.15, 0.2) is 5.78 Å². The smallest absolute Gasteiger partial charge is 0.264 e. The summed E-state index contributed by atoms with van der Waals surface area (Å²) in [6.45, 7) is 4.37. The Morgan fingerprint density at radius 1 is 1.12 bits per heavy atom. The third-order valence-corrected chi connectivity index (χ3v) is 5.87. The van der Waals surface area contributed by atoms with Gasteiger partial charge >= 0.3 is 0 Å². The van der Waals surface area contributed by atoms with Gasteiger partial charge in [-0.1, -0.05) is 12.1 Å². The van der Waals surface area contributed by atoms with Crippen LogP contribution in [0.1, 0.15) is 29.3 Å². The number of ether oxygens (including phenoxy) is 1. The lowest BCUT2D eigenvalue weighted by molar-refractivity contribution is 0.0982. The summed E-state index contributed by atoms with van der Waals surface area (Å²) in [6.07, 6.45) is 0.187. The van der Waals surface area contributed by atoms with E-state index in [4.69, 9.17) is 4.74 Å². The Labute approximate surface area is 141 Å². The lowest BCUT2D eigenvalue weighted by Crippen LogP contribution is -2.38. The monoisotopic (exact) mass is 345 g/mol. The molecule has 5 nitrogen and oxygen atoms in total. The normalized spacial score (nSPS) is 14.4. The molecule has 0 N–H and O–H groups in total. The highest BCUT2D eigenvalue weighted by Crippen LogP contribution is 2.34. The molecule has 0 spiro atoms. The minimum atomic E-state index is -3.73. The Bertz CT molecular complexity index is 872. The van der Waals surface area contributed by atoms with Crippen LogP contribution in [0.5, 0.6) is 5.75 Å². The van der Waals surface area contributed by atoms with Gasteiger partial charge in [-0.15, -0.1) is 0 Å². The van der Waals surface area contributed by atoms with Crippen molar-refractivity contribution < 1.29 is 17.9 Å². The molecule has 2 aromatic carbocycles. The van der Waals surface area contributed by atoms with Gasteiger partial charge in [-0.05, 0) is 49.7 Å². The van der Waals surface area contributed by atoms with Crippen molar-refractivity contribution in [2.75, 3.05) is 17.5 Å². The van der Waals surface area contributed by atoms with Crippen molar-refractivity contribution in [2.45, 2.75) is 25.2 Å². The summed E-state index contributed by atoms with van der Waals surface area (Å²) < 4.78 is 32.8. The minimum Gasteiger partial charge on any atom is -0.494 e. The highest BCUT2D eigenvalue weighted by atomic mass is 32.2. The van der Waals surface area contributed by atoms with Crippen molar-refractivity contribution in [3.05, 3.63) is 53.6 Å². The highest BCUT2D eigenvalue weighted by Gasteiger charge is 2.33. The van der Waals surface area contributed by atoms with Crippen molar-refractivity contribution in [1.82, 2.24) is 0 Å². The number of para-hydroxylation sites is 1. The van der Waals surface area contributed by atoms with E-state index in [1.54, 1.807) is 24.3 Å². The SMILES string of the molecule is CCOc1ccc(S(=O)(=O)N2CCC(=O)c3cccc(C)c32)cc1. The van der Waals surface area contributed by atoms with Gasteiger partial charge in [-0.2, -0.15) is 0 Å². The van der Waals surface area contributed by atoms with E-state index in [0.717, 1.165) is 5.56 Å². The second-order valence-electron chi connectivity index (χ2n) is 5.63. The van der Waals surface area contributed by atoms with Crippen LogP contribution in [0.4, 0.5) is 5.69 Å². The minimum absolute atomic E-state index is 0.0214. The van der Waals surface area contributed by atoms with Crippen molar-refractivity contribution in [3.8, 4) is 5.75 Å². The fourth-order valence-electron chi connectivity index (χ4n) is 2.91. The maximum atomic E-state index is 13.1. The maximum Gasteiger partial charge on any atom is 0.264 e. The first-order chi connectivity index (χ1) is 11.4. The first kappa shape index (κ1) is 16.5. The molecule has 2 aromatic rings. The molecule has 0 atom stereocenters. The average molecular weight is 345 g/mol. The van der Waals surface area contributed by atoms with Gasteiger partial charge in [0.2, 0.25) is 0 Å². The van der Waals surface area contributed by atoms with Crippen LogP contribution in [0.25, 0.3) is 0 Å². The third-order valence-electron chi connectivity index (χ3n) is 4.05. The largest absolute Gasteiger partial charge is 0.494 e. The van der Waals surface area contributed by atoms with E-state index in [9.17, 15) is 13.2 Å². The predicted octanol–water partition coefficient (Wildman–Crippen LogP) is 3.18. The standard InChI is InChI=1S/C18H19NO4S/c1-3-23-14-7-9-15(10-8-14)24(21,22)19-12-11-17(20)16-6-4-5-13(2)18(16)19/h4-10H,3,11-12H2,1-2H3. The number of hydrogen-bond acceptors (Lipinski definition) is 4. The fourth-order valence-corrected chi connectivity index (χ4v) is 4.46. The van der Waals surface area contributed by atoms with Crippen LogP contribution < -0.4 is 9.04 Å². The van der Waals surface area contributed by atoms with Crippen LogP contribution in [-0.4, -0.2) is 27.4 Å². The molecule has 3 rings (SSSR count). The number of sulfonamides is 1. The molecule has 0 unspecified atom stereocenters. The molecule has 0 aliphatic carbocycles. The van der Waals surface area contributed by atoms with E-state index in [2.05, 4.69) is 0 Å². The Morgan fingerprint density at radius 2 is 1.83 bits per heavy atom. The summed E-state index contributed by atoms with van der Waals surface area (Å²) in [6, 6.07) is 11.6. The van der Waals surface area contributed by atoms with E-state index in [1.807, 2.05) is 19.9 Å². The Hall–Kier alpha value is -2.34. The van der Waals surface area contributed by atoms with Gasteiger partial charge in [0, 0.05) is 18.5 Å². The van der Waals surface area contributed by atoms with Gasteiger partial charge < -0.3 is 4.74 Å². The van der Waals surface area contributed by atoms with Crippen LogP contribution in [0.15, 0.2) is 47.4 Å². The second-order valence-corrected chi connectivity index (χ2v) is 7.49. The maximum absolute atomic E-state index is 13.1.